The van der Waals surface area contributed by atoms with Crippen LogP contribution in [-0.2, 0) is 12.1 Å². The summed E-state index contributed by atoms with van der Waals surface area (Å²) in [4.78, 5) is 17.8. The maximum absolute atomic E-state index is 13.5. The van der Waals surface area contributed by atoms with Crippen LogP contribution in [0, 0.1) is 23.1 Å². The summed E-state index contributed by atoms with van der Waals surface area (Å²) >= 11 is 0. The Kier molecular flexibility index (Phi) is 6.33. The van der Waals surface area contributed by atoms with Crippen LogP contribution in [0.1, 0.15) is 35.2 Å². The molecular weight excluding hydrogens is 428 g/mol. The molecular formula is C23H23F2N7O. The van der Waals surface area contributed by atoms with Gasteiger partial charge in [0.2, 0.25) is 5.95 Å². The van der Waals surface area contributed by atoms with Crippen molar-refractivity contribution in [3.05, 3.63) is 71.7 Å². The van der Waals surface area contributed by atoms with E-state index in [1.165, 1.54) is 24.4 Å². The Bertz CT molecular complexity index is 1200. The molecule has 0 atom stereocenters. The number of aromatic nitrogens is 3. The molecule has 0 saturated carbocycles. The molecule has 8 nitrogen and oxygen atoms in total. The number of carbonyl (C=O) groups excluding carboxylic acids is 1. The second kappa shape index (κ2) is 9.34. The summed E-state index contributed by atoms with van der Waals surface area (Å²) in [7, 11) is 0. The third kappa shape index (κ3) is 4.99. The number of hydrogen-bond donors (Lipinski definition) is 2. The van der Waals surface area contributed by atoms with E-state index in [4.69, 9.17) is 5.73 Å². The summed E-state index contributed by atoms with van der Waals surface area (Å²) in [5.74, 6) is -1.44. The van der Waals surface area contributed by atoms with Gasteiger partial charge in [-0.2, -0.15) is 14.8 Å². The van der Waals surface area contributed by atoms with E-state index < -0.39 is 17.4 Å². The lowest BCUT2D eigenvalue weighted by molar-refractivity contribution is 0.0966. The number of nitriles is 1. The molecule has 1 aromatic carbocycles. The molecule has 1 saturated heterocycles. The number of nitrogens with zero attached hydrogens (tertiary/aromatic N) is 5. The molecule has 0 bridgehead atoms. The normalized spacial score (nSPS) is 15.7. The molecule has 2 aromatic heterocycles. The minimum atomic E-state index is -0.686. The highest BCUT2D eigenvalue weighted by Crippen LogP contribution is 2.35. The first-order chi connectivity index (χ1) is 15.9. The van der Waals surface area contributed by atoms with Crippen LogP contribution in [0.3, 0.4) is 0 Å². The van der Waals surface area contributed by atoms with E-state index in [1.54, 1.807) is 23.0 Å². The van der Waals surface area contributed by atoms with Gasteiger partial charge in [-0.1, -0.05) is 12.1 Å². The summed E-state index contributed by atoms with van der Waals surface area (Å²) in [5.41, 5.74) is 6.33. The topological polar surface area (TPSA) is 113 Å². The van der Waals surface area contributed by atoms with E-state index in [2.05, 4.69) is 26.4 Å². The van der Waals surface area contributed by atoms with Gasteiger partial charge in [0.25, 0.3) is 5.91 Å². The van der Waals surface area contributed by atoms with Crippen LogP contribution >= 0.6 is 0 Å². The van der Waals surface area contributed by atoms with Gasteiger partial charge in [0.15, 0.2) is 5.82 Å². The summed E-state index contributed by atoms with van der Waals surface area (Å²) in [6, 6.07) is 11.5. The Morgan fingerprint density at radius 1 is 1.24 bits per heavy atom. The first-order valence-electron chi connectivity index (χ1n) is 10.5. The highest BCUT2D eigenvalue weighted by atomic mass is 19.1. The van der Waals surface area contributed by atoms with Crippen LogP contribution < -0.4 is 11.1 Å². The molecule has 1 amide bonds. The molecule has 3 N–H and O–H groups in total. The van der Waals surface area contributed by atoms with Crippen LogP contribution in [0.4, 0.5) is 20.3 Å². The summed E-state index contributed by atoms with van der Waals surface area (Å²) < 4.78 is 28.6. The van der Waals surface area contributed by atoms with Gasteiger partial charge >= 0.3 is 0 Å². The fraction of sp³-hybridized carbons (Fsp3) is 0.304. The number of hydrogen-bond acceptors (Lipinski definition) is 6. The van der Waals surface area contributed by atoms with Crippen molar-refractivity contribution in [1.29, 1.82) is 5.26 Å². The molecule has 0 aliphatic carbocycles. The van der Waals surface area contributed by atoms with E-state index in [0.717, 1.165) is 5.56 Å². The lowest BCUT2D eigenvalue weighted by Gasteiger charge is -2.40. The smallest absolute Gasteiger partial charge is 0.254 e. The number of nitrogens with one attached hydrogen (secondary N) is 1. The zero-order valence-corrected chi connectivity index (χ0v) is 17.8. The third-order valence-electron chi connectivity index (χ3n) is 5.95. The highest BCUT2D eigenvalue weighted by molar-refractivity contribution is 5.98. The van der Waals surface area contributed by atoms with E-state index in [9.17, 15) is 18.8 Å². The Morgan fingerprint density at radius 2 is 2.03 bits per heavy atom. The zero-order chi connectivity index (χ0) is 23.4. The molecule has 1 aliphatic rings. The predicted molar refractivity (Wildman–Crippen MR) is 117 cm³/mol. The number of piperidine rings is 1. The van der Waals surface area contributed by atoms with E-state index >= 15 is 0 Å². The maximum Gasteiger partial charge on any atom is 0.254 e. The van der Waals surface area contributed by atoms with Crippen molar-refractivity contribution >= 4 is 17.4 Å². The van der Waals surface area contributed by atoms with Crippen molar-refractivity contribution in [1.82, 2.24) is 19.7 Å². The number of halogens is 2. The average Bonchev–Trinajstić information content (AvgIpc) is 3.20. The number of nitrogens with two attached hydrogens (primary N) is 1. The van der Waals surface area contributed by atoms with Crippen LogP contribution in [0.25, 0.3) is 0 Å². The Hall–Kier alpha value is -3.84. The number of primary amides is 1. The van der Waals surface area contributed by atoms with Crippen molar-refractivity contribution in [2.45, 2.75) is 31.3 Å². The lowest BCUT2D eigenvalue weighted by atomic mass is 9.84. The average molecular weight is 451 g/mol. The third-order valence-corrected chi connectivity index (χ3v) is 5.95. The second-order valence-electron chi connectivity index (χ2n) is 8.16. The molecule has 1 aliphatic heterocycles. The van der Waals surface area contributed by atoms with Crippen molar-refractivity contribution in [2.24, 2.45) is 5.73 Å². The largest absolute Gasteiger partial charge is 0.365 e. The molecule has 3 heterocycles. The number of rotatable bonds is 7. The van der Waals surface area contributed by atoms with Gasteiger partial charge in [0, 0.05) is 43.8 Å². The van der Waals surface area contributed by atoms with Crippen LogP contribution in [-0.4, -0.2) is 38.7 Å². The standard InChI is InChI=1S/C23H23F2N7O/c24-17-3-1-2-16(12-17)14-31-10-6-23(5-8-26,7-11-31)32-15-19(21(27)33)22(30-32)29-18-4-9-28-20(25)13-18/h1-4,9,12-13,15H,5-7,10-11,14H2,(H2,27,33)(H,28,29,30). The molecule has 4 rings (SSSR count). The lowest BCUT2D eigenvalue weighted by Crippen LogP contribution is -2.46. The number of pyridine rings is 1. The fourth-order valence-corrected chi connectivity index (χ4v) is 4.16. The quantitative estimate of drug-likeness (QED) is 0.533. The molecule has 0 spiro atoms. The SMILES string of the molecule is N#CCC1(n2cc(C(N)=O)c(Nc3ccnc(F)c3)n2)CCN(Cc2cccc(F)c2)CC1. The molecule has 33 heavy (non-hydrogen) atoms. The second-order valence-corrected chi connectivity index (χ2v) is 8.16. The fourth-order valence-electron chi connectivity index (χ4n) is 4.16. The number of carbonyl (C=O) groups is 1. The Labute approximate surface area is 189 Å². The molecule has 0 radical (unpaired) electrons. The minimum Gasteiger partial charge on any atom is -0.365 e. The summed E-state index contributed by atoms with van der Waals surface area (Å²) in [6.45, 7) is 1.94. The number of anilines is 2. The van der Waals surface area contributed by atoms with Crippen molar-refractivity contribution < 1.29 is 13.6 Å². The maximum atomic E-state index is 13.5. The summed E-state index contributed by atoms with van der Waals surface area (Å²) in [6.07, 6.45) is 4.26. The van der Waals surface area contributed by atoms with Gasteiger partial charge in [-0.3, -0.25) is 14.4 Å². The van der Waals surface area contributed by atoms with Crippen LogP contribution in [0.15, 0.2) is 48.8 Å². The molecule has 10 heteroatoms. The predicted octanol–water partition coefficient (Wildman–Crippen LogP) is 3.30. The molecule has 3 aromatic rings. The number of likely N-dealkylation sites (tertiary alicyclic amines) is 1. The minimum absolute atomic E-state index is 0.145. The Morgan fingerprint density at radius 3 is 2.70 bits per heavy atom. The monoisotopic (exact) mass is 451 g/mol. The highest BCUT2D eigenvalue weighted by Gasteiger charge is 2.38. The Balaban J connectivity index is 1.56. The van der Waals surface area contributed by atoms with E-state index in [-0.39, 0.29) is 23.6 Å². The van der Waals surface area contributed by atoms with Crippen molar-refractivity contribution in [2.75, 3.05) is 18.4 Å². The van der Waals surface area contributed by atoms with Crippen LogP contribution in [0.5, 0.6) is 0 Å². The van der Waals surface area contributed by atoms with Gasteiger partial charge in [-0.25, -0.2) is 9.37 Å². The van der Waals surface area contributed by atoms with Gasteiger partial charge < -0.3 is 11.1 Å². The number of amides is 1. The zero-order valence-electron chi connectivity index (χ0n) is 17.8. The van der Waals surface area contributed by atoms with Crippen LogP contribution in [0.2, 0.25) is 0 Å². The van der Waals surface area contributed by atoms with E-state index in [0.29, 0.717) is 38.2 Å². The van der Waals surface area contributed by atoms with Gasteiger partial charge in [0.05, 0.1) is 18.0 Å². The first-order valence-corrected chi connectivity index (χ1v) is 10.5. The van der Waals surface area contributed by atoms with Crippen molar-refractivity contribution in [3.63, 3.8) is 0 Å². The molecule has 0 unspecified atom stereocenters. The van der Waals surface area contributed by atoms with Gasteiger partial charge in [-0.05, 0) is 36.6 Å². The van der Waals surface area contributed by atoms with E-state index in [1.807, 2.05) is 6.07 Å². The molecule has 1 fully saturated rings. The van der Waals surface area contributed by atoms with Gasteiger partial charge in [-0.15, -0.1) is 0 Å². The first kappa shape index (κ1) is 22.4. The van der Waals surface area contributed by atoms with Crippen molar-refractivity contribution in [3.8, 4) is 6.07 Å². The summed E-state index contributed by atoms with van der Waals surface area (Å²) in [5, 5.41) is 17.0. The van der Waals surface area contributed by atoms with Gasteiger partial charge in [0.1, 0.15) is 11.4 Å². The number of benzene rings is 1. The molecule has 170 valence electrons.